The van der Waals surface area contributed by atoms with Gasteiger partial charge in [0.2, 0.25) is 0 Å². The first-order chi connectivity index (χ1) is 19.9. The van der Waals surface area contributed by atoms with E-state index in [1.807, 2.05) is 109 Å². The third kappa shape index (κ3) is 6.59. The van der Waals surface area contributed by atoms with Crippen molar-refractivity contribution in [3.8, 4) is 0 Å². The lowest BCUT2D eigenvalue weighted by Crippen LogP contribution is -2.77. The van der Waals surface area contributed by atoms with E-state index in [0.29, 0.717) is 12.8 Å². The fourth-order valence-corrected chi connectivity index (χ4v) is 8.39. The van der Waals surface area contributed by atoms with E-state index in [9.17, 15) is 24.6 Å². The summed E-state index contributed by atoms with van der Waals surface area (Å²) in [6.07, 6.45) is 0.649. The van der Waals surface area contributed by atoms with Crippen LogP contribution < -0.4 is 0 Å². The Hall–Kier alpha value is -3.79. The zero-order valence-corrected chi connectivity index (χ0v) is 23.9. The Kier molecular flexibility index (Phi) is 8.97. The zero-order chi connectivity index (χ0) is 28.8. The quantitative estimate of drug-likeness (QED) is 0.218. The van der Waals surface area contributed by atoms with Crippen molar-refractivity contribution in [1.29, 1.82) is 0 Å². The van der Waals surface area contributed by atoms with Crippen molar-refractivity contribution in [2.45, 2.75) is 50.5 Å². The molecule has 0 bridgehead atoms. The smallest absolute Gasteiger partial charge is 0.380 e. The first kappa shape index (κ1) is 28.7. The largest absolute Gasteiger partial charge is 0.408 e. The second-order valence-corrected chi connectivity index (χ2v) is 13.6. The zero-order valence-electron chi connectivity index (χ0n) is 22.9. The minimum Gasteiger partial charge on any atom is -0.408 e. The van der Waals surface area contributed by atoms with Crippen molar-refractivity contribution in [3.63, 3.8) is 0 Å². The molecule has 4 aromatic rings. The molecule has 1 fully saturated rings. The van der Waals surface area contributed by atoms with Gasteiger partial charge in [-0.1, -0.05) is 109 Å². The van der Waals surface area contributed by atoms with Crippen molar-refractivity contribution in [3.05, 3.63) is 143 Å². The average molecular weight is 569 g/mol. The van der Waals surface area contributed by atoms with E-state index in [-0.39, 0.29) is 32.3 Å². The van der Waals surface area contributed by atoms with Crippen LogP contribution in [0.1, 0.15) is 33.4 Å². The van der Waals surface area contributed by atoms with Crippen molar-refractivity contribution in [2.24, 2.45) is 0 Å². The van der Waals surface area contributed by atoms with Crippen LogP contribution in [-0.2, 0) is 39.1 Å². The molecule has 2 amide bonds. The van der Waals surface area contributed by atoms with Gasteiger partial charge in [-0.25, -0.2) is 4.79 Å². The molecule has 0 unspecified atom stereocenters. The molecule has 212 valence electrons. The highest BCUT2D eigenvalue weighted by Crippen LogP contribution is 2.33. The molecule has 8 heteroatoms. The minimum atomic E-state index is -4.18. The second-order valence-electron chi connectivity index (χ2n) is 10.7. The number of urea groups is 1. The topological polar surface area (TPSA) is 104 Å². The lowest BCUT2D eigenvalue weighted by Gasteiger charge is -2.51. The van der Waals surface area contributed by atoms with E-state index >= 15 is 0 Å². The van der Waals surface area contributed by atoms with Gasteiger partial charge in [-0.15, -0.1) is 0 Å². The second kappa shape index (κ2) is 12.8. The Morgan fingerprint density at radius 3 is 1.20 bits per heavy atom. The number of carbonyl (C=O) groups excluding carboxylic acids is 1. The van der Waals surface area contributed by atoms with Gasteiger partial charge in [0, 0.05) is 13.1 Å². The lowest BCUT2D eigenvalue weighted by atomic mass is 10.1. The van der Waals surface area contributed by atoms with Gasteiger partial charge in [0.25, 0.3) is 0 Å². The van der Waals surface area contributed by atoms with Crippen LogP contribution in [0.3, 0.4) is 0 Å². The van der Waals surface area contributed by atoms with Gasteiger partial charge in [0.05, 0.1) is 24.5 Å². The van der Waals surface area contributed by atoms with E-state index in [4.69, 9.17) is 0 Å². The summed E-state index contributed by atoms with van der Waals surface area (Å²) in [5, 5.41) is 19.0. The molecule has 0 saturated carbocycles. The summed E-state index contributed by atoms with van der Waals surface area (Å²) >= 11 is 0. The van der Waals surface area contributed by atoms with Crippen molar-refractivity contribution >= 4 is 14.6 Å². The average Bonchev–Trinajstić information content (AvgIpc) is 3.01. The van der Waals surface area contributed by atoms with Crippen LogP contribution in [0.5, 0.6) is 0 Å². The molecule has 0 radical (unpaired) electrons. The SMILES string of the molecule is O=C1N(Cc2ccc(CO)cc2)[C@@H](Cc2ccccc2)[Si](O)(O)[C@@H](Cc2ccccc2)N1Cc1ccc(CO)cc1. The van der Waals surface area contributed by atoms with Gasteiger partial charge in [0.15, 0.2) is 0 Å². The van der Waals surface area contributed by atoms with Gasteiger partial charge >= 0.3 is 14.6 Å². The summed E-state index contributed by atoms with van der Waals surface area (Å²) in [6, 6.07) is 33.8. The summed E-state index contributed by atoms with van der Waals surface area (Å²) in [6.45, 7) is 0.256. The van der Waals surface area contributed by atoms with Crippen LogP contribution in [0.15, 0.2) is 109 Å². The Morgan fingerprint density at radius 2 is 0.854 bits per heavy atom. The molecule has 1 aliphatic heterocycles. The third-order valence-electron chi connectivity index (χ3n) is 7.89. The number of carbonyl (C=O) groups is 1. The molecule has 7 nitrogen and oxygen atoms in total. The number of rotatable bonds is 10. The Morgan fingerprint density at radius 1 is 0.512 bits per heavy atom. The molecule has 1 heterocycles. The van der Waals surface area contributed by atoms with E-state index in [0.717, 1.165) is 33.4 Å². The van der Waals surface area contributed by atoms with Crippen molar-refractivity contribution < 1.29 is 24.6 Å². The van der Waals surface area contributed by atoms with Crippen LogP contribution in [0.25, 0.3) is 0 Å². The number of hydrogen-bond donors (Lipinski definition) is 4. The van der Waals surface area contributed by atoms with Gasteiger partial charge in [-0.3, -0.25) is 0 Å². The molecule has 2 atom stereocenters. The predicted octanol–water partition coefficient (Wildman–Crippen LogP) is 3.84. The number of amides is 2. The van der Waals surface area contributed by atoms with E-state index in [2.05, 4.69) is 0 Å². The molecule has 0 spiro atoms. The van der Waals surface area contributed by atoms with Crippen LogP contribution in [0.4, 0.5) is 4.79 Å². The maximum absolute atomic E-state index is 14.4. The standard InChI is InChI=1S/C33H36N2O5Si/c36-23-29-15-11-27(12-16-29)21-34-31(19-25-7-3-1-4-8-25)41(39,40)32(20-26-9-5-2-6-10-26)35(33(34)38)22-28-13-17-30(24-37)18-14-28/h1-18,31-32,36-37,39-40H,19-24H2/t31-,32+. The third-order valence-corrected chi connectivity index (χ3v) is 10.9. The molecule has 5 rings (SSSR count). The fraction of sp³-hybridized carbons (Fsp3) is 0.242. The van der Waals surface area contributed by atoms with Gasteiger partial charge in [-0.05, 0) is 46.2 Å². The highest BCUT2D eigenvalue weighted by atomic mass is 28.4. The molecule has 1 aliphatic rings. The van der Waals surface area contributed by atoms with Gasteiger partial charge in [0.1, 0.15) is 0 Å². The molecule has 4 aromatic carbocycles. The number of aliphatic hydroxyl groups is 2. The molecule has 41 heavy (non-hydrogen) atoms. The Bertz CT molecular complexity index is 1310. The van der Waals surface area contributed by atoms with Crippen molar-refractivity contribution in [1.82, 2.24) is 9.80 Å². The minimum absolute atomic E-state index is 0.0765. The number of aliphatic hydroxyl groups excluding tert-OH is 2. The Balaban J connectivity index is 1.56. The molecule has 0 aliphatic carbocycles. The first-order valence-electron chi connectivity index (χ1n) is 13.9. The monoisotopic (exact) mass is 568 g/mol. The molecular formula is C33H36N2O5Si. The lowest BCUT2D eigenvalue weighted by molar-refractivity contribution is 0.0823. The summed E-state index contributed by atoms with van der Waals surface area (Å²) in [7, 11) is -4.18. The summed E-state index contributed by atoms with van der Waals surface area (Å²) in [4.78, 5) is 42.1. The van der Waals surface area contributed by atoms with Crippen LogP contribution in [0, 0.1) is 0 Å². The maximum Gasteiger partial charge on any atom is 0.380 e. The van der Waals surface area contributed by atoms with Crippen LogP contribution >= 0.6 is 0 Å². The predicted molar refractivity (Wildman–Crippen MR) is 159 cm³/mol. The summed E-state index contributed by atoms with van der Waals surface area (Å²) < 4.78 is 0. The van der Waals surface area contributed by atoms with Crippen LogP contribution in [0.2, 0.25) is 0 Å². The summed E-state index contributed by atoms with van der Waals surface area (Å²) in [5.41, 5.74) is 3.51. The van der Waals surface area contributed by atoms with E-state index in [1.165, 1.54) is 0 Å². The van der Waals surface area contributed by atoms with Crippen LogP contribution in [-0.4, -0.2) is 55.5 Å². The normalized spacial score (nSPS) is 18.5. The van der Waals surface area contributed by atoms with E-state index in [1.54, 1.807) is 9.80 Å². The van der Waals surface area contributed by atoms with E-state index < -0.39 is 19.9 Å². The molecule has 0 aromatic heterocycles. The molecular weight excluding hydrogens is 532 g/mol. The van der Waals surface area contributed by atoms with Gasteiger partial charge < -0.3 is 29.6 Å². The van der Waals surface area contributed by atoms with Crippen molar-refractivity contribution in [2.75, 3.05) is 0 Å². The fourth-order valence-electron chi connectivity index (χ4n) is 5.56. The Labute approximate surface area is 241 Å². The summed E-state index contributed by atoms with van der Waals surface area (Å²) in [5.74, 6) is 0. The van der Waals surface area contributed by atoms with Gasteiger partial charge in [-0.2, -0.15) is 0 Å². The highest BCUT2D eigenvalue weighted by molar-refractivity contribution is 6.69. The molecule has 4 N–H and O–H groups in total. The highest BCUT2D eigenvalue weighted by Gasteiger charge is 2.58. The number of hydrogen-bond acceptors (Lipinski definition) is 5. The number of nitrogens with zero attached hydrogens (tertiary/aromatic N) is 2. The first-order valence-corrected chi connectivity index (χ1v) is 15.9. The maximum atomic E-state index is 14.4. The number of benzene rings is 4. The molecule has 1 saturated heterocycles.